The summed E-state index contributed by atoms with van der Waals surface area (Å²) in [7, 11) is -4.01. The minimum Gasteiger partial charge on any atom is -0.298 e. The number of nitro benzene ring substituents is 1. The Morgan fingerprint density at radius 1 is 1.13 bits per heavy atom. The number of hydrogen-bond donors (Lipinski definition) is 2. The number of hydrogen-bond acceptors (Lipinski definition) is 7. The van der Waals surface area contributed by atoms with Gasteiger partial charge >= 0.3 is 0 Å². The lowest BCUT2D eigenvalue weighted by Gasteiger charge is -2.09. The van der Waals surface area contributed by atoms with Gasteiger partial charge in [-0.15, -0.1) is 11.3 Å². The van der Waals surface area contributed by atoms with Crippen molar-refractivity contribution in [3.63, 3.8) is 0 Å². The molecule has 1 heterocycles. The minimum absolute atomic E-state index is 0.227. The predicted molar refractivity (Wildman–Crippen MR) is 112 cm³/mol. The summed E-state index contributed by atoms with van der Waals surface area (Å²) in [6, 6.07) is 10.6. The predicted octanol–water partition coefficient (Wildman–Crippen LogP) is 3.59. The van der Waals surface area contributed by atoms with Crippen LogP contribution in [0.5, 0.6) is 0 Å². The normalized spacial score (nSPS) is 12.9. The monoisotopic (exact) mass is 444 g/mol. The highest BCUT2D eigenvalue weighted by Crippen LogP contribution is 2.30. The summed E-state index contributed by atoms with van der Waals surface area (Å²) < 4.78 is 27.3. The number of carbonyl (C=O) groups is 1. The molecule has 11 heteroatoms. The molecule has 1 amide bonds. The first kappa shape index (κ1) is 20.0. The molecule has 154 valence electrons. The number of nitro groups is 1. The maximum absolute atomic E-state index is 12.5. The molecule has 0 aliphatic heterocycles. The van der Waals surface area contributed by atoms with Crippen molar-refractivity contribution in [2.24, 2.45) is 0 Å². The summed E-state index contributed by atoms with van der Waals surface area (Å²) >= 11 is 1.47. The van der Waals surface area contributed by atoms with E-state index < -0.39 is 14.9 Å². The molecule has 0 spiro atoms. The number of thiazole rings is 1. The number of nitrogens with zero attached hydrogens (tertiary/aromatic N) is 2. The highest BCUT2D eigenvalue weighted by atomic mass is 32.2. The lowest BCUT2D eigenvalue weighted by molar-refractivity contribution is -0.385. The number of benzene rings is 2. The number of rotatable bonds is 6. The van der Waals surface area contributed by atoms with Gasteiger partial charge in [-0.2, -0.15) is 0 Å². The van der Waals surface area contributed by atoms with Crippen molar-refractivity contribution in [2.75, 3.05) is 10.0 Å². The zero-order valence-electron chi connectivity index (χ0n) is 15.5. The van der Waals surface area contributed by atoms with Gasteiger partial charge in [0.1, 0.15) is 0 Å². The van der Waals surface area contributed by atoms with Crippen LogP contribution in [0.4, 0.5) is 16.5 Å². The number of non-ortho nitro benzene ring substituents is 1. The minimum atomic E-state index is -4.01. The molecule has 2 aromatic carbocycles. The summed E-state index contributed by atoms with van der Waals surface area (Å²) in [5.41, 5.74) is 1.30. The van der Waals surface area contributed by atoms with Gasteiger partial charge in [-0.3, -0.25) is 24.9 Å². The molecule has 9 nitrogen and oxygen atoms in total. The van der Waals surface area contributed by atoms with Gasteiger partial charge in [0.05, 0.1) is 15.5 Å². The van der Waals surface area contributed by atoms with E-state index in [2.05, 4.69) is 15.0 Å². The zero-order chi connectivity index (χ0) is 21.3. The quantitative estimate of drug-likeness (QED) is 0.441. The fourth-order valence-electron chi connectivity index (χ4n) is 3.08. The Morgan fingerprint density at radius 3 is 2.60 bits per heavy atom. The third-order valence-electron chi connectivity index (χ3n) is 4.55. The van der Waals surface area contributed by atoms with Crippen LogP contribution in [-0.4, -0.2) is 24.2 Å². The van der Waals surface area contributed by atoms with Crippen molar-refractivity contribution < 1.29 is 18.1 Å². The van der Waals surface area contributed by atoms with Gasteiger partial charge in [-0.25, -0.2) is 13.4 Å². The SMILES string of the molecule is O=C(Nc1nc2c(s1)CCC2)c1ccc(NS(=O)(=O)c2cccc([N+](=O)[O-])c2)cc1. The number of carbonyl (C=O) groups excluding carboxylic acids is 1. The molecule has 0 fully saturated rings. The van der Waals surface area contributed by atoms with Crippen LogP contribution in [0.2, 0.25) is 0 Å². The molecule has 3 aromatic rings. The molecule has 1 aliphatic rings. The Labute approximate surface area is 176 Å². The Morgan fingerprint density at radius 2 is 1.90 bits per heavy atom. The summed E-state index contributed by atoms with van der Waals surface area (Å²) in [6.45, 7) is 0. The molecule has 0 saturated carbocycles. The smallest absolute Gasteiger partial charge is 0.270 e. The average molecular weight is 444 g/mol. The van der Waals surface area contributed by atoms with Gasteiger partial charge in [-0.1, -0.05) is 6.07 Å². The second-order valence-corrected chi connectivity index (χ2v) is 9.40. The standard InChI is InChI=1S/C19H16N4O5S2/c24-18(21-19-20-16-5-2-6-17(16)29-19)12-7-9-13(10-8-12)22-30(27,28)15-4-1-3-14(11-15)23(25)26/h1,3-4,7-11,22H,2,5-6H2,(H,20,21,24). The van der Waals surface area contributed by atoms with Crippen LogP contribution < -0.4 is 10.0 Å². The molecule has 0 saturated heterocycles. The van der Waals surface area contributed by atoms with Crippen LogP contribution in [-0.2, 0) is 22.9 Å². The average Bonchev–Trinajstić information content (AvgIpc) is 3.30. The van der Waals surface area contributed by atoms with E-state index in [0.717, 1.165) is 31.0 Å². The van der Waals surface area contributed by atoms with Crippen LogP contribution in [0.15, 0.2) is 53.4 Å². The summed E-state index contributed by atoms with van der Waals surface area (Å²) in [5.74, 6) is -0.337. The topological polar surface area (TPSA) is 131 Å². The number of anilines is 2. The first-order valence-corrected chi connectivity index (χ1v) is 11.3. The van der Waals surface area contributed by atoms with Crippen LogP contribution in [0.25, 0.3) is 0 Å². The van der Waals surface area contributed by atoms with Crippen LogP contribution in [0, 0.1) is 10.1 Å². The van der Waals surface area contributed by atoms with Crippen molar-refractivity contribution in [3.05, 3.63) is 74.8 Å². The molecule has 4 rings (SSSR count). The summed E-state index contributed by atoms with van der Waals surface area (Å²) in [4.78, 5) is 28.0. The van der Waals surface area contributed by atoms with Crippen molar-refractivity contribution in [1.29, 1.82) is 0 Å². The van der Waals surface area contributed by atoms with Gasteiger partial charge in [0.15, 0.2) is 5.13 Å². The number of sulfonamides is 1. The van der Waals surface area contributed by atoms with Gasteiger partial charge in [0, 0.05) is 28.3 Å². The number of fused-ring (bicyclic) bond motifs is 1. The maximum atomic E-state index is 12.5. The number of amides is 1. The van der Waals surface area contributed by atoms with Crippen molar-refractivity contribution >= 4 is 43.8 Å². The zero-order valence-corrected chi connectivity index (χ0v) is 17.1. The molecule has 0 atom stereocenters. The van der Waals surface area contributed by atoms with Crippen molar-refractivity contribution in [3.8, 4) is 0 Å². The molecular weight excluding hydrogens is 428 g/mol. The maximum Gasteiger partial charge on any atom is 0.270 e. The molecule has 1 aromatic heterocycles. The van der Waals surface area contributed by atoms with E-state index in [4.69, 9.17) is 0 Å². The Kier molecular flexibility index (Phi) is 5.22. The second-order valence-electron chi connectivity index (χ2n) is 6.63. The number of nitrogens with one attached hydrogen (secondary N) is 2. The van der Waals surface area contributed by atoms with E-state index in [0.29, 0.717) is 10.7 Å². The molecule has 1 aliphatic carbocycles. The summed E-state index contributed by atoms with van der Waals surface area (Å²) in [6.07, 6.45) is 3.01. The lowest BCUT2D eigenvalue weighted by Crippen LogP contribution is -2.14. The van der Waals surface area contributed by atoms with Crippen molar-refractivity contribution in [1.82, 2.24) is 4.98 Å². The van der Waals surface area contributed by atoms with E-state index in [1.807, 2.05) is 0 Å². The van der Waals surface area contributed by atoms with E-state index in [-0.39, 0.29) is 22.2 Å². The molecule has 0 radical (unpaired) electrons. The number of aromatic nitrogens is 1. The van der Waals surface area contributed by atoms with Crippen LogP contribution in [0.3, 0.4) is 0 Å². The van der Waals surface area contributed by atoms with E-state index in [1.165, 1.54) is 58.7 Å². The molecule has 0 unspecified atom stereocenters. The molecule has 30 heavy (non-hydrogen) atoms. The van der Waals surface area contributed by atoms with Crippen LogP contribution in [0.1, 0.15) is 27.3 Å². The van der Waals surface area contributed by atoms with Crippen molar-refractivity contribution in [2.45, 2.75) is 24.2 Å². The lowest BCUT2D eigenvalue weighted by atomic mass is 10.2. The third kappa shape index (κ3) is 4.16. The van der Waals surface area contributed by atoms with E-state index in [9.17, 15) is 23.3 Å². The van der Waals surface area contributed by atoms with E-state index in [1.54, 1.807) is 0 Å². The Bertz CT molecular complexity index is 1210. The highest BCUT2D eigenvalue weighted by molar-refractivity contribution is 7.92. The first-order chi connectivity index (χ1) is 14.3. The molecule has 0 bridgehead atoms. The largest absolute Gasteiger partial charge is 0.298 e. The third-order valence-corrected chi connectivity index (χ3v) is 7.01. The second kappa shape index (κ2) is 7.84. The van der Waals surface area contributed by atoms with Gasteiger partial charge in [0.25, 0.3) is 21.6 Å². The Hall–Kier alpha value is -3.31. The van der Waals surface area contributed by atoms with Gasteiger partial charge in [0.2, 0.25) is 0 Å². The Balaban J connectivity index is 1.45. The molecular formula is C19H16N4O5S2. The van der Waals surface area contributed by atoms with Gasteiger partial charge in [-0.05, 0) is 49.6 Å². The highest BCUT2D eigenvalue weighted by Gasteiger charge is 2.19. The van der Waals surface area contributed by atoms with E-state index >= 15 is 0 Å². The fraction of sp³-hybridized carbons (Fsp3) is 0.158. The summed E-state index contributed by atoms with van der Waals surface area (Å²) in [5, 5.41) is 14.2. The van der Waals surface area contributed by atoms with Crippen LogP contribution >= 0.6 is 11.3 Å². The van der Waals surface area contributed by atoms with Gasteiger partial charge < -0.3 is 0 Å². The number of aryl methyl sites for hydroxylation is 2. The fourth-order valence-corrected chi connectivity index (χ4v) is 5.22. The first-order valence-electron chi connectivity index (χ1n) is 8.99. The molecule has 2 N–H and O–H groups in total.